The van der Waals surface area contributed by atoms with E-state index in [4.69, 9.17) is 13.7 Å². The average molecular weight is 428 g/mol. The molecule has 0 unspecified atom stereocenters. The van der Waals surface area contributed by atoms with Gasteiger partial charge in [-0.15, -0.1) is 10.2 Å². The highest BCUT2D eigenvalue weighted by Crippen LogP contribution is 2.23. The Morgan fingerprint density at radius 2 is 1.91 bits per heavy atom. The van der Waals surface area contributed by atoms with Crippen molar-refractivity contribution in [3.63, 3.8) is 0 Å². The Morgan fingerprint density at radius 3 is 2.59 bits per heavy atom. The molecule has 0 saturated carbocycles. The highest BCUT2D eigenvalue weighted by molar-refractivity contribution is 6.03. The summed E-state index contributed by atoms with van der Waals surface area (Å²) >= 11 is 0. The molecule has 1 N–H and O–H groups in total. The molecule has 0 aliphatic rings. The zero-order chi connectivity index (χ0) is 21.9. The number of rotatable bonds is 6. The average Bonchev–Trinajstić information content (AvgIpc) is 3.57. The minimum absolute atomic E-state index is 0.138. The van der Waals surface area contributed by atoms with Gasteiger partial charge in [0, 0.05) is 24.0 Å². The molecule has 10 heteroatoms. The van der Waals surface area contributed by atoms with Crippen LogP contribution in [-0.2, 0) is 0 Å². The zero-order valence-corrected chi connectivity index (χ0v) is 16.8. The first-order valence-corrected chi connectivity index (χ1v) is 9.60. The van der Waals surface area contributed by atoms with E-state index in [0.717, 1.165) is 5.69 Å². The third-order valence-corrected chi connectivity index (χ3v) is 4.42. The minimum atomic E-state index is -0.407. The second-order valence-corrected chi connectivity index (χ2v) is 6.77. The van der Waals surface area contributed by atoms with Crippen molar-refractivity contribution in [2.24, 2.45) is 0 Å². The number of nitrogens with one attached hydrogen (secondary N) is 1. The van der Waals surface area contributed by atoms with Crippen LogP contribution in [0.2, 0.25) is 0 Å². The maximum absolute atomic E-state index is 12.4. The summed E-state index contributed by atoms with van der Waals surface area (Å²) in [7, 11) is 0. The number of carbonyl (C=O) groups is 1. The molecule has 0 aliphatic carbocycles. The number of carbonyl (C=O) groups excluding carboxylic acids is 1. The first kappa shape index (κ1) is 19.2. The molecule has 5 rings (SSSR count). The van der Waals surface area contributed by atoms with E-state index in [1.54, 1.807) is 53.2 Å². The molecule has 0 aliphatic heterocycles. The summed E-state index contributed by atoms with van der Waals surface area (Å²) in [4.78, 5) is 12.4. The predicted octanol–water partition coefficient (Wildman–Crippen LogP) is 4.26. The lowest BCUT2D eigenvalue weighted by Crippen LogP contribution is -2.11. The largest absolute Gasteiger partial charge is 0.461 e. The number of ether oxygens (including phenoxy) is 1. The molecule has 0 fully saturated rings. The van der Waals surface area contributed by atoms with E-state index >= 15 is 0 Å². The molecule has 0 atom stereocenters. The standard InChI is InChI=1S/C22H16N6O4/c1-14-10-11-28(26-14)20-8-9-21(25-24-20)31-16-6-4-15(5-7-16)23-22(29)17-13-19(32-27-17)18-3-2-12-30-18/h2-13H,1H3,(H,23,29). The Morgan fingerprint density at radius 1 is 1.03 bits per heavy atom. The van der Waals surface area contributed by atoms with Crippen molar-refractivity contribution in [2.45, 2.75) is 6.92 Å². The van der Waals surface area contributed by atoms with Gasteiger partial charge in [-0.2, -0.15) is 5.10 Å². The van der Waals surface area contributed by atoms with Gasteiger partial charge in [0.25, 0.3) is 5.91 Å². The van der Waals surface area contributed by atoms with Crippen LogP contribution in [0.5, 0.6) is 11.6 Å². The van der Waals surface area contributed by atoms with Gasteiger partial charge in [-0.25, -0.2) is 4.68 Å². The quantitative estimate of drug-likeness (QED) is 0.426. The number of aryl methyl sites for hydroxylation is 1. The normalized spacial score (nSPS) is 10.8. The highest BCUT2D eigenvalue weighted by atomic mass is 16.5. The molecule has 1 aromatic carbocycles. The first-order valence-electron chi connectivity index (χ1n) is 9.60. The fourth-order valence-electron chi connectivity index (χ4n) is 2.87. The van der Waals surface area contributed by atoms with Gasteiger partial charge in [0.1, 0.15) is 5.75 Å². The number of anilines is 1. The summed E-state index contributed by atoms with van der Waals surface area (Å²) < 4.78 is 17.7. The SMILES string of the molecule is Cc1ccn(-c2ccc(Oc3ccc(NC(=O)c4cc(-c5ccco5)on4)cc3)nn2)n1. The fourth-order valence-corrected chi connectivity index (χ4v) is 2.87. The molecule has 4 heterocycles. The number of amides is 1. The zero-order valence-electron chi connectivity index (χ0n) is 16.8. The number of hydrogen-bond donors (Lipinski definition) is 1. The summed E-state index contributed by atoms with van der Waals surface area (Å²) in [6.07, 6.45) is 3.32. The van der Waals surface area contributed by atoms with Crippen molar-refractivity contribution in [3.05, 3.63) is 84.5 Å². The molecule has 1 amide bonds. The van der Waals surface area contributed by atoms with Crippen molar-refractivity contribution >= 4 is 11.6 Å². The Kier molecular flexibility index (Phi) is 4.92. The Hall–Kier alpha value is -4.73. The van der Waals surface area contributed by atoms with Crippen LogP contribution >= 0.6 is 0 Å². The van der Waals surface area contributed by atoms with Crippen LogP contribution in [0.3, 0.4) is 0 Å². The lowest BCUT2D eigenvalue weighted by molar-refractivity contribution is 0.101. The van der Waals surface area contributed by atoms with Crippen LogP contribution < -0.4 is 10.1 Å². The summed E-state index contributed by atoms with van der Waals surface area (Å²) in [5.74, 6) is 1.93. The molecule has 0 saturated heterocycles. The summed E-state index contributed by atoms with van der Waals surface area (Å²) in [5, 5.41) is 19.0. The lowest BCUT2D eigenvalue weighted by Gasteiger charge is -2.07. The van der Waals surface area contributed by atoms with Crippen molar-refractivity contribution in [3.8, 4) is 29.0 Å². The Balaban J connectivity index is 1.21. The molecular weight excluding hydrogens is 412 g/mol. The van der Waals surface area contributed by atoms with E-state index in [1.807, 2.05) is 19.2 Å². The molecule has 32 heavy (non-hydrogen) atoms. The molecule has 4 aromatic heterocycles. The van der Waals surface area contributed by atoms with Gasteiger partial charge >= 0.3 is 0 Å². The van der Waals surface area contributed by atoms with Gasteiger partial charge in [-0.1, -0.05) is 5.16 Å². The van der Waals surface area contributed by atoms with Crippen molar-refractivity contribution in [1.29, 1.82) is 0 Å². The van der Waals surface area contributed by atoms with Crippen molar-refractivity contribution < 1.29 is 18.5 Å². The van der Waals surface area contributed by atoms with Gasteiger partial charge in [0.2, 0.25) is 11.6 Å². The molecule has 5 aromatic rings. The maximum atomic E-state index is 12.4. The number of benzene rings is 1. The van der Waals surface area contributed by atoms with Gasteiger partial charge < -0.3 is 19.0 Å². The van der Waals surface area contributed by atoms with Crippen LogP contribution in [0.25, 0.3) is 17.3 Å². The van der Waals surface area contributed by atoms with Crippen LogP contribution in [0.1, 0.15) is 16.2 Å². The molecule has 0 spiro atoms. The monoisotopic (exact) mass is 428 g/mol. The van der Waals surface area contributed by atoms with Crippen LogP contribution in [0, 0.1) is 6.92 Å². The van der Waals surface area contributed by atoms with E-state index in [9.17, 15) is 4.79 Å². The molecule has 0 radical (unpaired) electrons. The summed E-state index contributed by atoms with van der Waals surface area (Å²) in [6, 6.07) is 17.1. The second-order valence-electron chi connectivity index (χ2n) is 6.77. The van der Waals surface area contributed by atoms with Gasteiger partial charge in [-0.05, 0) is 55.5 Å². The molecule has 158 valence electrons. The predicted molar refractivity (Wildman–Crippen MR) is 113 cm³/mol. The van der Waals surface area contributed by atoms with E-state index in [2.05, 4.69) is 25.8 Å². The second kappa shape index (κ2) is 8.19. The van der Waals surface area contributed by atoms with E-state index in [-0.39, 0.29) is 5.69 Å². The highest BCUT2D eigenvalue weighted by Gasteiger charge is 2.15. The molecule has 10 nitrogen and oxygen atoms in total. The van der Waals surface area contributed by atoms with E-state index in [1.165, 1.54) is 12.3 Å². The van der Waals surface area contributed by atoms with Crippen LogP contribution in [0.15, 0.2) is 82.1 Å². The third-order valence-electron chi connectivity index (χ3n) is 4.42. The van der Waals surface area contributed by atoms with Gasteiger partial charge in [0.15, 0.2) is 17.3 Å². The van der Waals surface area contributed by atoms with E-state index in [0.29, 0.717) is 34.7 Å². The van der Waals surface area contributed by atoms with Crippen molar-refractivity contribution in [2.75, 3.05) is 5.32 Å². The summed E-state index contributed by atoms with van der Waals surface area (Å²) in [5.41, 5.74) is 1.60. The number of aromatic nitrogens is 5. The first-order chi connectivity index (χ1) is 15.6. The summed E-state index contributed by atoms with van der Waals surface area (Å²) in [6.45, 7) is 1.90. The lowest BCUT2D eigenvalue weighted by atomic mass is 10.2. The Bertz CT molecular complexity index is 1340. The minimum Gasteiger partial charge on any atom is -0.461 e. The number of furan rings is 1. The number of nitrogens with zero attached hydrogens (tertiary/aromatic N) is 5. The topological polar surface area (TPSA) is 121 Å². The fraction of sp³-hybridized carbons (Fsp3) is 0.0455. The molecule has 0 bridgehead atoms. The van der Waals surface area contributed by atoms with Crippen LogP contribution in [-0.4, -0.2) is 31.0 Å². The Labute approximate surface area is 181 Å². The maximum Gasteiger partial charge on any atom is 0.277 e. The van der Waals surface area contributed by atoms with Gasteiger partial charge in [-0.3, -0.25) is 4.79 Å². The van der Waals surface area contributed by atoms with E-state index < -0.39 is 5.91 Å². The smallest absolute Gasteiger partial charge is 0.277 e. The third kappa shape index (κ3) is 4.10. The van der Waals surface area contributed by atoms with Crippen molar-refractivity contribution in [1.82, 2.24) is 25.1 Å². The van der Waals surface area contributed by atoms with Gasteiger partial charge in [0.05, 0.1) is 12.0 Å². The van der Waals surface area contributed by atoms with Crippen LogP contribution in [0.4, 0.5) is 5.69 Å². The molecular formula is C22H16N6O4. The number of hydrogen-bond acceptors (Lipinski definition) is 8.